The van der Waals surface area contributed by atoms with E-state index in [1.54, 1.807) is 12.1 Å². The molecule has 0 atom stereocenters. The number of ether oxygens (including phenoxy) is 2. The Labute approximate surface area is 142 Å². The Morgan fingerprint density at radius 3 is 2.65 bits per heavy atom. The van der Waals surface area contributed by atoms with E-state index in [4.69, 9.17) is 16.3 Å². The van der Waals surface area contributed by atoms with Crippen molar-refractivity contribution in [3.8, 4) is 5.75 Å². The molecule has 23 heavy (non-hydrogen) atoms. The Bertz CT molecular complexity index is 506. The van der Waals surface area contributed by atoms with Crippen molar-refractivity contribution in [2.24, 2.45) is 4.99 Å². The van der Waals surface area contributed by atoms with Crippen molar-refractivity contribution < 1.29 is 14.3 Å². The summed E-state index contributed by atoms with van der Waals surface area (Å²) >= 11 is 5.83. The SMILES string of the molecule is CCNC(=NCCC(=O)OC)N(C)CCOc1ccc(Cl)cc1. The van der Waals surface area contributed by atoms with Crippen LogP contribution in [-0.4, -0.2) is 57.2 Å². The lowest BCUT2D eigenvalue weighted by molar-refractivity contribution is -0.140. The summed E-state index contributed by atoms with van der Waals surface area (Å²) < 4.78 is 10.3. The summed E-state index contributed by atoms with van der Waals surface area (Å²) in [7, 11) is 3.29. The molecule has 0 spiro atoms. The highest BCUT2D eigenvalue weighted by atomic mass is 35.5. The highest BCUT2D eigenvalue weighted by Gasteiger charge is 2.06. The first-order valence-corrected chi connectivity index (χ1v) is 7.89. The molecule has 0 saturated heterocycles. The van der Waals surface area contributed by atoms with Crippen LogP contribution >= 0.6 is 11.6 Å². The van der Waals surface area contributed by atoms with E-state index in [2.05, 4.69) is 15.0 Å². The van der Waals surface area contributed by atoms with Crippen molar-refractivity contribution in [1.82, 2.24) is 10.2 Å². The molecule has 0 aliphatic carbocycles. The van der Waals surface area contributed by atoms with Crippen molar-refractivity contribution in [3.05, 3.63) is 29.3 Å². The molecule has 0 bridgehead atoms. The number of carbonyl (C=O) groups excluding carboxylic acids is 1. The van der Waals surface area contributed by atoms with Crippen molar-refractivity contribution in [2.45, 2.75) is 13.3 Å². The Morgan fingerprint density at radius 2 is 2.04 bits per heavy atom. The van der Waals surface area contributed by atoms with E-state index in [0.717, 1.165) is 18.3 Å². The van der Waals surface area contributed by atoms with Gasteiger partial charge < -0.3 is 19.7 Å². The Kier molecular flexibility index (Phi) is 8.90. The summed E-state index contributed by atoms with van der Waals surface area (Å²) in [6.45, 7) is 4.30. The number of nitrogens with one attached hydrogen (secondary N) is 1. The second kappa shape index (κ2) is 10.7. The molecule has 1 aromatic carbocycles. The maximum Gasteiger partial charge on any atom is 0.307 e. The molecule has 7 heteroatoms. The van der Waals surface area contributed by atoms with E-state index in [1.807, 2.05) is 31.0 Å². The molecule has 1 rings (SSSR count). The predicted octanol–water partition coefficient (Wildman–Crippen LogP) is 2.18. The molecular formula is C16H24ClN3O3. The van der Waals surface area contributed by atoms with Crippen LogP contribution in [0.5, 0.6) is 5.75 Å². The molecule has 0 unspecified atom stereocenters. The quantitative estimate of drug-likeness (QED) is 0.446. The number of hydrogen-bond acceptors (Lipinski definition) is 4. The maximum absolute atomic E-state index is 11.1. The molecule has 0 aliphatic rings. The molecule has 0 heterocycles. The number of rotatable bonds is 8. The molecule has 0 fully saturated rings. The number of halogens is 1. The molecule has 1 N–H and O–H groups in total. The molecule has 0 aromatic heterocycles. The topological polar surface area (TPSA) is 63.2 Å². The van der Waals surface area contributed by atoms with Gasteiger partial charge in [0.1, 0.15) is 12.4 Å². The summed E-state index contributed by atoms with van der Waals surface area (Å²) in [6.07, 6.45) is 0.264. The van der Waals surface area contributed by atoms with Gasteiger partial charge in [0.25, 0.3) is 0 Å². The zero-order chi connectivity index (χ0) is 17.1. The van der Waals surface area contributed by atoms with E-state index in [9.17, 15) is 4.79 Å². The van der Waals surface area contributed by atoms with Gasteiger partial charge in [-0.1, -0.05) is 11.6 Å². The second-order valence-corrected chi connectivity index (χ2v) is 5.22. The van der Waals surface area contributed by atoms with Gasteiger partial charge in [-0.15, -0.1) is 0 Å². The van der Waals surface area contributed by atoms with Gasteiger partial charge in [-0.2, -0.15) is 0 Å². The zero-order valence-corrected chi connectivity index (χ0v) is 14.6. The predicted molar refractivity (Wildman–Crippen MR) is 92.2 cm³/mol. The fourth-order valence-electron chi connectivity index (χ4n) is 1.76. The lowest BCUT2D eigenvalue weighted by Gasteiger charge is -2.22. The first-order valence-electron chi connectivity index (χ1n) is 7.51. The largest absolute Gasteiger partial charge is 0.492 e. The third-order valence-corrected chi connectivity index (χ3v) is 3.26. The molecule has 0 amide bonds. The standard InChI is InChI=1S/C16H24ClN3O3/c1-4-18-16(19-10-9-15(21)22-3)20(2)11-12-23-14-7-5-13(17)6-8-14/h5-8H,4,9-12H2,1-3H3,(H,18,19). The van der Waals surface area contributed by atoms with Crippen LogP contribution in [0.3, 0.4) is 0 Å². The highest BCUT2D eigenvalue weighted by molar-refractivity contribution is 6.30. The van der Waals surface area contributed by atoms with E-state index >= 15 is 0 Å². The van der Waals surface area contributed by atoms with Crippen molar-refractivity contribution in [3.63, 3.8) is 0 Å². The number of carbonyl (C=O) groups is 1. The fourth-order valence-corrected chi connectivity index (χ4v) is 1.89. The highest BCUT2D eigenvalue weighted by Crippen LogP contribution is 2.15. The van der Waals surface area contributed by atoms with Gasteiger partial charge >= 0.3 is 5.97 Å². The third-order valence-electron chi connectivity index (χ3n) is 3.01. The molecule has 0 radical (unpaired) electrons. The lowest BCUT2D eigenvalue weighted by Crippen LogP contribution is -2.41. The Hall–Kier alpha value is -1.95. The minimum atomic E-state index is -0.265. The van der Waals surface area contributed by atoms with Crippen LogP contribution in [0.25, 0.3) is 0 Å². The number of hydrogen-bond donors (Lipinski definition) is 1. The molecule has 1 aromatic rings. The number of benzene rings is 1. The Morgan fingerprint density at radius 1 is 1.35 bits per heavy atom. The Balaban J connectivity index is 2.43. The summed E-state index contributed by atoms with van der Waals surface area (Å²) in [6, 6.07) is 7.24. The minimum Gasteiger partial charge on any atom is -0.492 e. The van der Waals surface area contributed by atoms with Gasteiger partial charge in [0, 0.05) is 18.6 Å². The van der Waals surface area contributed by atoms with Crippen LogP contribution in [0.15, 0.2) is 29.3 Å². The molecule has 0 saturated carbocycles. The normalized spacial score (nSPS) is 11.0. The van der Waals surface area contributed by atoms with E-state index in [-0.39, 0.29) is 12.4 Å². The van der Waals surface area contributed by atoms with Gasteiger partial charge in [-0.25, -0.2) is 0 Å². The monoisotopic (exact) mass is 341 g/mol. The number of nitrogens with zero attached hydrogens (tertiary/aromatic N) is 2. The first kappa shape index (κ1) is 19.1. The van der Waals surface area contributed by atoms with Crippen molar-refractivity contribution in [1.29, 1.82) is 0 Å². The summed E-state index contributed by atoms with van der Waals surface area (Å²) in [5, 5.41) is 3.86. The number of esters is 1. The molecular weight excluding hydrogens is 318 g/mol. The van der Waals surface area contributed by atoms with Gasteiger partial charge in [-0.05, 0) is 31.2 Å². The smallest absolute Gasteiger partial charge is 0.307 e. The number of methoxy groups -OCH3 is 1. The van der Waals surface area contributed by atoms with Crippen LogP contribution in [0.4, 0.5) is 0 Å². The van der Waals surface area contributed by atoms with Gasteiger partial charge in [0.2, 0.25) is 0 Å². The zero-order valence-electron chi connectivity index (χ0n) is 13.8. The van der Waals surface area contributed by atoms with Crippen LogP contribution in [0.1, 0.15) is 13.3 Å². The number of likely N-dealkylation sites (N-methyl/N-ethyl adjacent to an activating group) is 1. The average molecular weight is 342 g/mol. The first-order chi connectivity index (χ1) is 11.1. The van der Waals surface area contributed by atoms with E-state index < -0.39 is 0 Å². The average Bonchev–Trinajstić information content (AvgIpc) is 2.55. The second-order valence-electron chi connectivity index (χ2n) is 4.79. The van der Waals surface area contributed by atoms with E-state index in [0.29, 0.717) is 24.7 Å². The van der Waals surface area contributed by atoms with Crippen LogP contribution in [0.2, 0.25) is 5.02 Å². The fraction of sp³-hybridized carbons (Fsp3) is 0.500. The van der Waals surface area contributed by atoms with Gasteiger partial charge in [-0.3, -0.25) is 9.79 Å². The molecule has 6 nitrogen and oxygen atoms in total. The van der Waals surface area contributed by atoms with Crippen LogP contribution < -0.4 is 10.1 Å². The number of aliphatic imine (C=N–C) groups is 1. The van der Waals surface area contributed by atoms with Crippen LogP contribution in [-0.2, 0) is 9.53 Å². The summed E-state index contributed by atoms with van der Waals surface area (Å²) in [5.41, 5.74) is 0. The minimum absolute atomic E-state index is 0.264. The third kappa shape index (κ3) is 7.74. The maximum atomic E-state index is 11.1. The van der Waals surface area contributed by atoms with Gasteiger partial charge in [0.05, 0.1) is 26.6 Å². The van der Waals surface area contributed by atoms with Gasteiger partial charge in [0.15, 0.2) is 5.96 Å². The number of guanidine groups is 1. The van der Waals surface area contributed by atoms with Crippen LogP contribution in [0, 0.1) is 0 Å². The molecule has 0 aliphatic heterocycles. The van der Waals surface area contributed by atoms with E-state index in [1.165, 1.54) is 7.11 Å². The van der Waals surface area contributed by atoms with Crippen molar-refractivity contribution >= 4 is 23.5 Å². The molecule has 128 valence electrons. The summed E-state index contributed by atoms with van der Waals surface area (Å²) in [5.74, 6) is 1.24. The van der Waals surface area contributed by atoms with Crippen molar-refractivity contribution in [2.75, 3.05) is 40.4 Å². The summed E-state index contributed by atoms with van der Waals surface area (Å²) in [4.78, 5) is 17.5. The lowest BCUT2D eigenvalue weighted by atomic mass is 10.3.